The van der Waals surface area contributed by atoms with Crippen LogP contribution in [0.3, 0.4) is 0 Å². The van der Waals surface area contributed by atoms with Crippen molar-refractivity contribution in [1.82, 2.24) is 10.2 Å². The number of anilines is 1. The molecule has 1 aromatic heterocycles. The molecule has 2 aromatic rings. The van der Waals surface area contributed by atoms with Crippen LogP contribution in [0, 0.1) is 0 Å². The zero-order chi connectivity index (χ0) is 13.1. The highest BCUT2D eigenvalue weighted by molar-refractivity contribution is 8.02. The summed E-state index contributed by atoms with van der Waals surface area (Å²) in [6, 6.07) is 6.84. The molecular formula is C11H10ClN3OS2. The Hall–Kier alpha value is -1.11. The largest absolute Gasteiger partial charge is 0.374 e. The van der Waals surface area contributed by atoms with Crippen LogP contribution in [-0.4, -0.2) is 21.2 Å². The number of carbonyl (C=O) groups is 1. The fourth-order valence-corrected chi connectivity index (χ4v) is 3.30. The van der Waals surface area contributed by atoms with Crippen LogP contribution in [0.4, 0.5) is 5.13 Å². The van der Waals surface area contributed by atoms with Gasteiger partial charge in [0.05, 0.1) is 5.25 Å². The Bertz CT molecular complexity index is 556. The van der Waals surface area contributed by atoms with Crippen molar-refractivity contribution in [3.8, 4) is 0 Å². The van der Waals surface area contributed by atoms with Crippen molar-refractivity contribution < 1.29 is 4.79 Å². The molecule has 0 fully saturated rings. The minimum Gasteiger partial charge on any atom is -0.374 e. The van der Waals surface area contributed by atoms with E-state index in [9.17, 15) is 4.79 Å². The molecule has 0 saturated heterocycles. The second kappa shape index (κ2) is 5.69. The van der Waals surface area contributed by atoms with Crippen LogP contribution in [0.2, 0.25) is 5.02 Å². The second-order valence-electron chi connectivity index (χ2n) is 3.54. The number of nitrogens with zero attached hydrogens (tertiary/aromatic N) is 2. The van der Waals surface area contributed by atoms with Gasteiger partial charge in [-0.1, -0.05) is 34.7 Å². The molecule has 0 radical (unpaired) electrons. The lowest BCUT2D eigenvalue weighted by molar-refractivity contribution is 0.0994. The van der Waals surface area contributed by atoms with Gasteiger partial charge in [0.2, 0.25) is 5.13 Å². The van der Waals surface area contributed by atoms with E-state index < -0.39 is 0 Å². The highest BCUT2D eigenvalue weighted by Crippen LogP contribution is 2.29. The molecule has 0 spiro atoms. The molecule has 0 aliphatic carbocycles. The quantitative estimate of drug-likeness (QED) is 0.694. The van der Waals surface area contributed by atoms with Crippen LogP contribution >= 0.6 is 34.7 Å². The molecule has 18 heavy (non-hydrogen) atoms. The number of Topliss-reactive ketones (excluding diaryl/α,β-unsaturated/α-hetero) is 1. The first-order valence-electron chi connectivity index (χ1n) is 5.11. The number of carbonyl (C=O) groups excluding carboxylic acids is 1. The lowest BCUT2D eigenvalue weighted by atomic mass is 10.1. The number of nitrogens with two attached hydrogens (primary N) is 1. The summed E-state index contributed by atoms with van der Waals surface area (Å²) in [7, 11) is 0. The molecular weight excluding hydrogens is 290 g/mol. The molecule has 0 aliphatic heterocycles. The number of hydrogen-bond acceptors (Lipinski definition) is 6. The van der Waals surface area contributed by atoms with Crippen molar-refractivity contribution >= 4 is 45.6 Å². The summed E-state index contributed by atoms with van der Waals surface area (Å²) in [5.74, 6) is 0.0328. The Balaban J connectivity index is 2.07. The zero-order valence-electron chi connectivity index (χ0n) is 9.46. The van der Waals surface area contributed by atoms with E-state index in [1.807, 2.05) is 6.92 Å². The van der Waals surface area contributed by atoms with Gasteiger partial charge < -0.3 is 5.73 Å². The summed E-state index contributed by atoms with van der Waals surface area (Å²) < 4.78 is 0.697. The Morgan fingerprint density at radius 3 is 2.61 bits per heavy atom. The van der Waals surface area contributed by atoms with E-state index >= 15 is 0 Å². The summed E-state index contributed by atoms with van der Waals surface area (Å²) in [6.45, 7) is 1.83. The molecule has 1 atom stereocenters. The van der Waals surface area contributed by atoms with E-state index in [1.54, 1.807) is 24.3 Å². The zero-order valence-corrected chi connectivity index (χ0v) is 11.9. The van der Waals surface area contributed by atoms with Gasteiger partial charge >= 0.3 is 0 Å². The highest BCUT2D eigenvalue weighted by atomic mass is 35.5. The Morgan fingerprint density at radius 1 is 1.39 bits per heavy atom. The van der Waals surface area contributed by atoms with Gasteiger partial charge in [0.25, 0.3) is 0 Å². The van der Waals surface area contributed by atoms with E-state index in [1.165, 1.54) is 23.1 Å². The molecule has 2 N–H and O–H groups in total. The summed E-state index contributed by atoms with van der Waals surface area (Å²) in [5, 5.41) is 8.37. The molecule has 0 saturated carbocycles. The van der Waals surface area contributed by atoms with Gasteiger partial charge in [-0.25, -0.2) is 0 Å². The minimum atomic E-state index is -0.237. The van der Waals surface area contributed by atoms with Crippen LogP contribution < -0.4 is 5.73 Å². The predicted molar refractivity (Wildman–Crippen MR) is 75.4 cm³/mol. The van der Waals surface area contributed by atoms with E-state index in [2.05, 4.69) is 10.2 Å². The number of ketones is 1. The Kier molecular flexibility index (Phi) is 4.21. The van der Waals surface area contributed by atoms with Crippen molar-refractivity contribution in [2.45, 2.75) is 16.5 Å². The maximum absolute atomic E-state index is 12.1. The van der Waals surface area contributed by atoms with Crippen LogP contribution in [0.15, 0.2) is 28.6 Å². The molecule has 0 unspecified atom stereocenters. The van der Waals surface area contributed by atoms with Gasteiger partial charge in [0.15, 0.2) is 10.1 Å². The number of thioether (sulfide) groups is 1. The fraction of sp³-hybridized carbons (Fsp3) is 0.182. The number of aromatic nitrogens is 2. The average Bonchev–Trinajstić information content (AvgIpc) is 2.75. The van der Waals surface area contributed by atoms with E-state index in [0.717, 1.165) is 0 Å². The van der Waals surface area contributed by atoms with Crippen LogP contribution in [-0.2, 0) is 0 Å². The topological polar surface area (TPSA) is 68.9 Å². The van der Waals surface area contributed by atoms with Gasteiger partial charge in [0, 0.05) is 10.6 Å². The molecule has 0 bridgehead atoms. The van der Waals surface area contributed by atoms with Crippen molar-refractivity contribution in [2.75, 3.05) is 5.73 Å². The number of nitrogen functional groups attached to an aromatic ring is 1. The maximum Gasteiger partial charge on any atom is 0.203 e. The standard InChI is InChI=1S/C11H10ClN3OS2/c1-6(17-11-15-14-10(13)18-11)9(16)7-2-4-8(12)5-3-7/h2-6H,1H3,(H2,13,14)/t6-/m0/s1. The van der Waals surface area contributed by atoms with Crippen LogP contribution in [0.5, 0.6) is 0 Å². The molecule has 94 valence electrons. The second-order valence-corrected chi connectivity index (χ2v) is 6.57. The first kappa shape index (κ1) is 13.3. The normalized spacial score (nSPS) is 12.3. The lowest BCUT2D eigenvalue weighted by Gasteiger charge is -2.07. The predicted octanol–water partition coefficient (Wildman–Crippen LogP) is 3.14. The average molecular weight is 300 g/mol. The molecule has 7 heteroatoms. The lowest BCUT2D eigenvalue weighted by Crippen LogP contribution is -2.13. The fourth-order valence-electron chi connectivity index (χ4n) is 1.32. The first-order valence-corrected chi connectivity index (χ1v) is 7.19. The van der Waals surface area contributed by atoms with Gasteiger partial charge in [-0.2, -0.15) is 0 Å². The van der Waals surface area contributed by atoms with Crippen LogP contribution in [0.25, 0.3) is 0 Å². The number of benzene rings is 1. The van der Waals surface area contributed by atoms with E-state index in [-0.39, 0.29) is 11.0 Å². The summed E-state index contributed by atoms with van der Waals surface area (Å²) >= 11 is 8.41. The minimum absolute atomic E-state index is 0.0328. The third kappa shape index (κ3) is 3.22. The number of hydrogen-bond donors (Lipinski definition) is 1. The van der Waals surface area contributed by atoms with Crippen molar-refractivity contribution in [1.29, 1.82) is 0 Å². The van der Waals surface area contributed by atoms with Crippen LogP contribution in [0.1, 0.15) is 17.3 Å². The third-order valence-corrected chi connectivity index (χ3v) is 4.39. The van der Waals surface area contributed by atoms with Gasteiger partial charge in [-0.15, -0.1) is 10.2 Å². The highest BCUT2D eigenvalue weighted by Gasteiger charge is 2.18. The summed E-state index contributed by atoms with van der Waals surface area (Å²) in [5.41, 5.74) is 6.13. The van der Waals surface area contributed by atoms with Crippen molar-refractivity contribution in [2.24, 2.45) is 0 Å². The monoisotopic (exact) mass is 299 g/mol. The Morgan fingerprint density at radius 2 is 2.06 bits per heavy atom. The van der Waals surface area contributed by atoms with E-state index in [0.29, 0.717) is 20.1 Å². The molecule has 4 nitrogen and oxygen atoms in total. The smallest absolute Gasteiger partial charge is 0.203 e. The van der Waals surface area contributed by atoms with Gasteiger partial charge in [-0.05, 0) is 31.2 Å². The summed E-state index contributed by atoms with van der Waals surface area (Å²) in [4.78, 5) is 12.1. The SMILES string of the molecule is C[C@H](Sc1nnc(N)s1)C(=O)c1ccc(Cl)cc1. The Labute approximate surface area is 118 Å². The molecule has 2 rings (SSSR count). The summed E-state index contributed by atoms with van der Waals surface area (Å²) in [6.07, 6.45) is 0. The number of halogens is 1. The van der Waals surface area contributed by atoms with Gasteiger partial charge in [0.1, 0.15) is 0 Å². The number of rotatable bonds is 4. The van der Waals surface area contributed by atoms with Crippen molar-refractivity contribution in [3.05, 3.63) is 34.9 Å². The molecule has 1 aromatic carbocycles. The molecule has 0 aliphatic rings. The van der Waals surface area contributed by atoms with E-state index in [4.69, 9.17) is 17.3 Å². The molecule has 0 amide bonds. The molecule has 1 heterocycles. The van der Waals surface area contributed by atoms with Gasteiger partial charge in [-0.3, -0.25) is 4.79 Å². The third-order valence-electron chi connectivity index (χ3n) is 2.20. The van der Waals surface area contributed by atoms with Crippen molar-refractivity contribution in [3.63, 3.8) is 0 Å². The first-order chi connectivity index (χ1) is 8.56. The maximum atomic E-state index is 12.1.